The van der Waals surface area contributed by atoms with Gasteiger partial charge in [-0.25, -0.2) is 28.5 Å². The number of anilines is 3. The van der Waals surface area contributed by atoms with E-state index in [9.17, 15) is 45.5 Å². The largest absolute Gasteiger partial charge is 0.481 e. The number of ether oxygens (including phenoxy) is 9. The maximum Gasteiger partial charge on any atom is 0.305 e. The molecule has 5 aliphatic rings. The first kappa shape index (κ1) is 74.5. The molecule has 0 bridgehead atoms. The Kier molecular flexibility index (Phi) is 25.2. The van der Waals surface area contributed by atoms with E-state index in [1.54, 1.807) is 58.0 Å². The Morgan fingerprint density at radius 3 is 1.24 bits per heavy atom. The van der Waals surface area contributed by atoms with Crippen LogP contribution < -0.4 is 17.2 Å². The summed E-state index contributed by atoms with van der Waals surface area (Å²) in [5.41, 5.74) is 15.4. The maximum atomic E-state index is 12.3. The average Bonchev–Trinajstić information content (AvgIpc) is 1.56. The Labute approximate surface area is 562 Å². The lowest BCUT2D eigenvalue weighted by molar-refractivity contribution is -0.207. The SMILES string of the molecule is CC1(C)O[C@H]2[C@@H](O1)[C@](C#N)(c1ccc3c(N)ncnn13)O[C@@H]2CO.CCCCCCCC(=O)O.CCCCCCCC(=O)OC[C@H]1O[C@@](C#N)(c2ccc3c(N)ncnn23)[C@@H]2OC(C)(C)O[C@@H]21.CCCCCCCC(=O)OC[C@H]1O[C@@](C#N)(c2ccc3c(N)ncnn23)[C@H](O)[C@@H]1O. The first-order valence-corrected chi connectivity index (χ1v) is 33.2. The molecule has 0 radical (unpaired) electrons. The van der Waals surface area contributed by atoms with E-state index in [1.165, 1.54) is 64.3 Å². The number of carbonyl (C=O) groups is 3. The van der Waals surface area contributed by atoms with Crippen LogP contribution in [0.1, 0.15) is 181 Å². The summed E-state index contributed by atoms with van der Waals surface area (Å²) < 4.78 is 57.0. The van der Waals surface area contributed by atoms with E-state index >= 15 is 0 Å². The maximum absolute atomic E-state index is 12.3. The molecule has 31 heteroatoms. The zero-order chi connectivity index (χ0) is 70.3. The summed E-state index contributed by atoms with van der Waals surface area (Å²) in [6.45, 7) is 12.9. The van der Waals surface area contributed by atoms with E-state index in [1.807, 2.05) is 6.07 Å². The van der Waals surface area contributed by atoms with Gasteiger partial charge in [0.2, 0.25) is 16.8 Å². The normalized spacial score (nSPS) is 27.1. The van der Waals surface area contributed by atoms with E-state index in [-0.39, 0.29) is 49.5 Å². The monoisotopic (exact) mass is 1350 g/mol. The number of nitrogens with two attached hydrogens (primary N) is 3. The highest BCUT2D eigenvalue weighted by Crippen LogP contribution is 2.51. The molecule has 10 N–H and O–H groups in total. The smallest absolute Gasteiger partial charge is 0.305 e. The van der Waals surface area contributed by atoms with E-state index in [0.717, 1.165) is 70.6 Å². The van der Waals surface area contributed by atoms with E-state index in [2.05, 4.69) is 63.2 Å². The van der Waals surface area contributed by atoms with Crippen LogP contribution >= 0.6 is 0 Å². The molecule has 5 fully saturated rings. The molecular formula is C66H91N15O16. The highest BCUT2D eigenvalue weighted by Gasteiger charge is 2.67. The second-order valence-electron chi connectivity index (χ2n) is 25.4. The fraction of sp³-hybridized carbons (Fsp3) is 0.636. The van der Waals surface area contributed by atoms with Crippen molar-refractivity contribution in [3.8, 4) is 18.2 Å². The molecule has 0 spiro atoms. The van der Waals surface area contributed by atoms with Crippen LogP contribution in [0.3, 0.4) is 0 Å². The lowest BCUT2D eigenvalue weighted by Gasteiger charge is -2.28. The molecule has 526 valence electrons. The number of rotatable bonds is 26. The number of carboxylic acid groups (broad SMARTS) is 1. The van der Waals surface area contributed by atoms with Gasteiger partial charge in [-0.2, -0.15) is 31.1 Å². The minimum Gasteiger partial charge on any atom is -0.481 e. The van der Waals surface area contributed by atoms with Crippen molar-refractivity contribution >= 4 is 51.9 Å². The molecule has 6 aromatic heterocycles. The van der Waals surface area contributed by atoms with Crippen LogP contribution in [-0.2, 0) is 73.8 Å². The number of aromatic nitrogens is 9. The Morgan fingerprint density at radius 1 is 0.505 bits per heavy atom. The predicted molar refractivity (Wildman–Crippen MR) is 345 cm³/mol. The zero-order valence-electron chi connectivity index (χ0n) is 56.0. The highest BCUT2D eigenvalue weighted by molar-refractivity contribution is 5.70. The number of hydrogen-bond donors (Lipinski definition) is 7. The molecule has 0 saturated carbocycles. The summed E-state index contributed by atoms with van der Waals surface area (Å²) in [5.74, 6) is -2.39. The van der Waals surface area contributed by atoms with Gasteiger partial charge in [-0.05, 0) is 83.4 Å². The molecule has 11 rings (SSSR count). The number of nitrogen functional groups attached to an aromatic ring is 3. The van der Waals surface area contributed by atoms with Crippen molar-refractivity contribution in [1.29, 1.82) is 15.8 Å². The van der Waals surface area contributed by atoms with Crippen LogP contribution in [0.2, 0.25) is 0 Å². The Balaban J connectivity index is 0.000000175. The van der Waals surface area contributed by atoms with Gasteiger partial charge in [0.15, 0.2) is 29.0 Å². The van der Waals surface area contributed by atoms with Gasteiger partial charge in [0, 0.05) is 19.3 Å². The van der Waals surface area contributed by atoms with Crippen molar-refractivity contribution in [1.82, 2.24) is 43.8 Å². The zero-order valence-corrected chi connectivity index (χ0v) is 56.0. The van der Waals surface area contributed by atoms with E-state index < -0.39 is 95.3 Å². The fourth-order valence-electron chi connectivity index (χ4n) is 12.6. The number of carbonyl (C=O) groups excluding carboxylic acids is 2. The van der Waals surface area contributed by atoms with Gasteiger partial charge in [0.1, 0.15) is 122 Å². The number of fused-ring (bicyclic) bond motifs is 5. The third kappa shape index (κ3) is 16.5. The minimum absolute atomic E-state index is 0.0295. The van der Waals surface area contributed by atoms with Crippen molar-refractivity contribution in [3.05, 3.63) is 72.5 Å². The van der Waals surface area contributed by atoms with Crippen LogP contribution in [0.15, 0.2) is 55.4 Å². The molecule has 0 unspecified atom stereocenters. The van der Waals surface area contributed by atoms with Crippen LogP contribution in [0.5, 0.6) is 0 Å². The average molecular weight is 1350 g/mol. The van der Waals surface area contributed by atoms with Gasteiger partial charge >= 0.3 is 17.9 Å². The van der Waals surface area contributed by atoms with Crippen molar-refractivity contribution in [2.75, 3.05) is 37.0 Å². The van der Waals surface area contributed by atoms with Gasteiger partial charge in [0.05, 0.1) is 23.7 Å². The van der Waals surface area contributed by atoms with Gasteiger partial charge in [-0.1, -0.05) is 97.8 Å². The van der Waals surface area contributed by atoms with Crippen molar-refractivity contribution in [2.45, 2.75) is 247 Å². The van der Waals surface area contributed by atoms with Gasteiger partial charge < -0.3 is 80.3 Å². The van der Waals surface area contributed by atoms with Crippen LogP contribution in [0.4, 0.5) is 17.5 Å². The lowest BCUT2D eigenvalue weighted by atomic mass is 9.92. The van der Waals surface area contributed by atoms with Gasteiger partial charge in [-0.3, -0.25) is 14.4 Å². The number of esters is 2. The molecule has 5 aliphatic heterocycles. The second-order valence-corrected chi connectivity index (χ2v) is 25.4. The molecule has 0 aliphatic carbocycles. The molecule has 6 aromatic rings. The number of nitrogens with zero attached hydrogens (tertiary/aromatic N) is 12. The summed E-state index contributed by atoms with van der Waals surface area (Å²) in [7, 11) is 0. The third-order valence-corrected chi connectivity index (χ3v) is 17.5. The highest BCUT2D eigenvalue weighted by atomic mass is 16.8. The molecule has 0 amide bonds. The number of aliphatic hydroxyl groups is 3. The predicted octanol–water partition coefficient (Wildman–Crippen LogP) is 6.28. The Hall–Kier alpha value is -8.26. The first-order chi connectivity index (χ1) is 46.4. The van der Waals surface area contributed by atoms with Crippen molar-refractivity contribution in [2.24, 2.45) is 0 Å². The summed E-state index contributed by atoms with van der Waals surface area (Å²) in [4.78, 5) is 46.1. The summed E-state index contributed by atoms with van der Waals surface area (Å²) in [5, 5.41) is 81.6. The number of aliphatic carboxylic acids is 1. The Morgan fingerprint density at radius 2 is 0.856 bits per heavy atom. The van der Waals surface area contributed by atoms with Crippen LogP contribution in [-0.4, -0.2) is 168 Å². The fourth-order valence-corrected chi connectivity index (χ4v) is 12.6. The number of nitriles is 3. The number of carboxylic acids is 1. The number of hydrogen-bond acceptors (Lipinski definition) is 27. The quantitative estimate of drug-likeness (QED) is 0.0232. The van der Waals surface area contributed by atoms with Gasteiger partial charge in [-0.15, -0.1) is 0 Å². The molecule has 97 heavy (non-hydrogen) atoms. The minimum atomic E-state index is -1.90. The topological polar surface area (TPSA) is 455 Å². The second kappa shape index (κ2) is 32.9. The third-order valence-electron chi connectivity index (χ3n) is 17.5. The number of unbranched alkanes of at least 4 members (excludes halogenated alkanes) is 12. The molecule has 31 nitrogen and oxygen atoms in total. The van der Waals surface area contributed by atoms with Gasteiger partial charge in [0.25, 0.3) is 0 Å². The standard InChI is InChI=1S/C23H31N5O5.C20H27N5O5.C15H17N5O4.C8H16O2/c1-4-5-6-7-8-9-18(29)30-12-16-19-20(33-22(2,3)32-19)23(13-24,31-16)17-11-10-15-21(25)26-14-27-28(15)17;1-2-3-4-5-6-7-16(26)29-10-14-17(27)18(28)20(11-21,30-14)15-9-8-13-19(22)23-12-24-25(13)15;1-14(2)23-11-9(5-21)22-15(6-16,12(11)24-14)10-4-3-8-13(17)18-7-19-20(8)10;1-2-3-4-5-6-7-8(9)10/h10-11,14,16,19-20H,4-9,12H2,1-3H3,(H2,25,26,27);8-9,12,14,17-18,27-28H,2-7,10H2,1H3,(H2,22,23,24);3-4,7,9,11-12,21H,5H2,1-2H3,(H2,17,18,19);2-7H2,1H3,(H,9,10)/t16-,19-,20-,23+;14-,17-,18-,20+;9-,11-,12-,15+;/m111./s1. The summed E-state index contributed by atoms with van der Waals surface area (Å²) in [6, 6.07) is 16.4. The molecule has 11 heterocycles. The molecule has 12 atom stereocenters. The van der Waals surface area contributed by atoms with E-state index in [0.29, 0.717) is 46.6 Å². The van der Waals surface area contributed by atoms with E-state index in [4.69, 9.17) is 64.9 Å². The Bertz CT molecular complexity index is 3770. The molecule has 5 saturated heterocycles. The molecular weight excluding hydrogens is 1260 g/mol. The van der Waals surface area contributed by atoms with Crippen molar-refractivity contribution < 1.29 is 77.4 Å². The lowest BCUT2D eigenvalue weighted by Crippen LogP contribution is -2.41. The van der Waals surface area contributed by atoms with Crippen LogP contribution in [0.25, 0.3) is 16.6 Å². The number of aliphatic hydroxyl groups excluding tert-OH is 3. The van der Waals surface area contributed by atoms with Crippen molar-refractivity contribution in [3.63, 3.8) is 0 Å². The van der Waals surface area contributed by atoms with Crippen LogP contribution in [0, 0.1) is 34.0 Å². The summed E-state index contributed by atoms with van der Waals surface area (Å²) in [6.07, 6.45) is 12.6. The first-order valence-electron chi connectivity index (χ1n) is 33.2. The summed E-state index contributed by atoms with van der Waals surface area (Å²) >= 11 is 0. The molecule has 0 aromatic carbocycles.